The summed E-state index contributed by atoms with van der Waals surface area (Å²) in [5.74, 6) is 0. The molecule has 44 heavy (non-hydrogen) atoms. The fourth-order valence-electron chi connectivity index (χ4n) is 7.48. The molecular formula is C42H24OSe. The van der Waals surface area contributed by atoms with Crippen molar-refractivity contribution in [2.45, 2.75) is 0 Å². The summed E-state index contributed by atoms with van der Waals surface area (Å²) in [7, 11) is 0. The van der Waals surface area contributed by atoms with E-state index in [2.05, 4.69) is 146 Å². The molecule has 2 aromatic heterocycles. The Bertz CT molecular complexity index is 2730. The molecule has 0 aliphatic carbocycles. The first-order valence-corrected chi connectivity index (χ1v) is 16.7. The van der Waals surface area contributed by atoms with E-state index in [-0.39, 0.29) is 0 Å². The Balaban J connectivity index is 1.45. The molecule has 10 rings (SSSR count). The van der Waals surface area contributed by atoms with Crippen molar-refractivity contribution in [3.63, 3.8) is 0 Å². The van der Waals surface area contributed by atoms with Crippen LogP contribution in [0.4, 0.5) is 0 Å². The Kier molecular flexibility index (Phi) is 5.07. The van der Waals surface area contributed by atoms with E-state index in [0.29, 0.717) is 14.5 Å². The van der Waals surface area contributed by atoms with Crippen molar-refractivity contribution in [3.8, 4) is 22.3 Å². The van der Waals surface area contributed by atoms with Gasteiger partial charge in [-0.25, -0.2) is 0 Å². The molecule has 0 spiro atoms. The van der Waals surface area contributed by atoms with Gasteiger partial charge < -0.3 is 0 Å². The van der Waals surface area contributed by atoms with Gasteiger partial charge in [0.05, 0.1) is 0 Å². The topological polar surface area (TPSA) is 13.1 Å². The molecule has 0 aliphatic rings. The molecule has 8 aromatic carbocycles. The van der Waals surface area contributed by atoms with Gasteiger partial charge in [0.25, 0.3) is 0 Å². The van der Waals surface area contributed by atoms with Crippen LogP contribution >= 0.6 is 0 Å². The summed E-state index contributed by atoms with van der Waals surface area (Å²) < 4.78 is 9.44. The second kappa shape index (κ2) is 9.18. The third-order valence-corrected chi connectivity index (χ3v) is 11.7. The van der Waals surface area contributed by atoms with Crippen LogP contribution in [0.3, 0.4) is 0 Å². The molecule has 0 aliphatic heterocycles. The number of fused-ring (bicyclic) bond motifs is 12. The molecule has 1 nitrogen and oxygen atoms in total. The molecular weight excluding hydrogens is 599 g/mol. The van der Waals surface area contributed by atoms with Crippen LogP contribution in [0.2, 0.25) is 0 Å². The summed E-state index contributed by atoms with van der Waals surface area (Å²) in [4.78, 5) is 0. The van der Waals surface area contributed by atoms with Crippen molar-refractivity contribution in [3.05, 3.63) is 146 Å². The Morgan fingerprint density at radius 1 is 0.318 bits per heavy atom. The Hall–Kier alpha value is -5.14. The zero-order chi connectivity index (χ0) is 28.8. The van der Waals surface area contributed by atoms with E-state index in [9.17, 15) is 0 Å². The average Bonchev–Trinajstić information content (AvgIpc) is 3.66. The van der Waals surface area contributed by atoms with Crippen molar-refractivity contribution in [1.82, 2.24) is 0 Å². The van der Waals surface area contributed by atoms with Crippen LogP contribution in [-0.2, 0) is 0 Å². The molecule has 0 radical (unpaired) electrons. The molecule has 2 heteroatoms. The molecule has 0 saturated carbocycles. The summed E-state index contributed by atoms with van der Waals surface area (Å²) in [5, 5.41) is 12.8. The van der Waals surface area contributed by atoms with Gasteiger partial charge in [-0.1, -0.05) is 0 Å². The van der Waals surface area contributed by atoms with E-state index in [1.165, 1.54) is 79.3 Å². The molecule has 0 unspecified atom stereocenters. The van der Waals surface area contributed by atoms with Crippen molar-refractivity contribution in [2.24, 2.45) is 0 Å². The van der Waals surface area contributed by atoms with Gasteiger partial charge in [-0.2, -0.15) is 0 Å². The number of hydrogen-bond acceptors (Lipinski definition) is 1. The fraction of sp³-hybridized carbons (Fsp3) is 0. The number of hydrogen-bond donors (Lipinski definition) is 0. The Morgan fingerprint density at radius 2 is 0.886 bits per heavy atom. The first-order chi connectivity index (χ1) is 21.8. The molecule has 2 heterocycles. The minimum absolute atomic E-state index is 0.295. The molecule has 0 saturated heterocycles. The summed E-state index contributed by atoms with van der Waals surface area (Å²) in [6.45, 7) is 0. The van der Waals surface area contributed by atoms with Gasteiger partial charge in [-0.15, -0.1) is 0 Å². The number of para-hydroxylation sites is 1. The third-order valence-electron chi connectivity index (χ3n) is 9.27. The van der Waals surface area contributed by atoms with Gasteiger partial charge in [0.1, 0.15) is 0 Å². The van der Waals surface area contributed by atoms with E-state index in [1.807, 2.05) is 0 Å². The van der Waals surface area contributed by atoms with Gasteiger partial charge in [0.2, 0.25) is 0 Å². The van der Waals surface area contributed by atoms with Gasteiger partial charge in [0, 0.05) is 0 Å². The summed E-state index contributed by atoms with van der Waals surface area (Å²) in [6, 6.07) is 53.4. The predicted molar refractivity (Wildman–Crippen MR) is 189 cm³/mol. The van der Waals surface area contributed by atoms with Gasteiger partial charge in [0.15, 0.2) is 0 Å². The van der Waals surface area contributed by atoms with E-state index in [0.717, 1.165) is 16.6 Å². The first kappa shape index (κ1) is 24.3. The second-order valence-corrected chi connectivity index (χ2v) is 13.8. The van der Waals surface area contributed by atoms with Crippen molar-refractivity contribution in [2.75, 3.05) is 0 Å². The molecule has 0 fully saturated rings. The standard InChI is InChI=1S/C42H24OSe/c1-2-12-27-25(11-1)26-13-3-4-14-28(26)39-29(27)17-9-19-34(39)41-31(23-24-36-42(41)32-15-5-7-20-35(32)43-36)30-18-10-22-38-40(30)33-16-6-8-21-37(33)44-38/h1-24H. The van der Waals surface area contributed by atoms with Crippen LogP contribution in [0, 0.1) is 0 Å². The van der Waals surface area contributed by atoms with Crippen molar-refractivity contribution >= 4 is 88.1 Å². The van der Waals surface area contributed by atoms with Crippen LogP contribution < -0.4 is 0 Å². The van der Waals surface area contributed by atoms with Crippen LogP contribution in [0.25, 0.3) is 95.8 Å². The Morgan fingerprint density at radius 3 is 1.68 bits per heavy atom. The van der Waals surface area contributed by atoms with Crippen molar-refractivity contribution in [1.29, 1.82) is 0 Å². The first-order valence-electron chi connectivity index (χ1n) is 15.0. The zero-order valence-corrected chi connectivity index (χ0v) is 25.4. The van der Waals surface area contributed by atoms with E-state index in [4.69, 9.17) is 4.42 Å². The third kappa shape index (κ3) is 3.30. The van der Waals surface area contributed by atoms with Gasteiger partial charge in [-0.05, 0) is 0 Å². The normalized spacial score (nSPS) is 12.1. The monoisotopic (exact) mass is 624 g/mol. The summed E-state index contributed by atoms with van der Waals surface area (Å²) >= 11 is 0.295. The number of rotatable bonds is 2. The average molecular weight is 624 g/mol. The molecule has 0 atom stereocenters. The molecule has 204 valence electrons. The van der Waals surface area contributed by atoms with E-state index in [1.54, 1.807) is 0 Å². The van der Waals surface area contributed by atoms with E-state index < -0.39 is 0 Å². The molecule has 10 aromatic rings. The summed E-state index contributed by atoms with van der Waals surface area (Å²) in [5.41, 5.74) is 6.86. The summed E-state index contributed by atoms with van der Waals surface area (Å²) in [6.07, 6.45) is 0. The zero-order valence-electron chi connectivity index (χ0n) is 23.7. The second-order valence-electron chi connectivity index (χ2n) is 11.6. The number of furan rings is 1. The quantitative estimate of drug-likeness (QED) is 0.138. The van der Waals surface area contributed by atoms with Gasteiger partial charge >= 0.3 is 260 Å². The van der Waals surface area contributed by atoms with Gasteiger partial charge in [-0.3, -0.25) is 0 Å². The van der Waals surface area contributed by atoms with E-state index >= 15 is 0 Å². The maximum absolute atomic E-state index is 6.53. The van der Waals surface area contributed by atoms with Crippen LogP contribution in [0.1, 0.15) is 0 Å². The Labute approximate surface area is 259 Å². The van der Waals surface area contributed by atoms with Crippen LogP contribution in [-0.4, -0.2) is 14.5 Å². The fourth-order valence-corrected chi connectivity index (χ4v) is 9.86. The number of benzene rings is 8. The molecule has 0 N–H and O–H groups in total. The van der Waals surface area contributed by atoms with Crippen LogP contribution in [0.5, 0.6) is 0 Å². The SMILES string of the molecule is c1ccc2c(c1)oc1ccc(-c3cccc4[se]c5ccccc5c34)c(-c3cccc4c5ccccc5c5ccccc5c34)c12. The predicted octanol–water partition coefficient (Wildman–Crippen LogP) is 11.7. The molecule has 0 amide bonds. The van der Waals surface area contributed by atoms with Crippen LogP contribution in [0.15, 0.2) is 150 Å². The minimum atomic E-state index is 0.295. The molecule has 0 bridgehead atoms. The van der Waals surface area contributed by atoms with Crippen molar-refractivity contribution < 1.29 is 4.42 Å². The maximum atomic E-state index is 6.53.